The second-order valence-corrected chi connectivity index (χ2v) is 10.3. The highest BCUT2D eigenvalue weighted by Crippen LogP contribution is 2.43. The van der Waals surface area contributed by atoms with Crippen molar-refractivity contribution in [3.8, 4) is 5.69 Å². The lowest BCUT2D eigenvalue weighted by molar-refractivity contribution is -0.112. The molecule has 42 heavy (non-hydrogen) atoms. The first-order chi connectivity index (χ1) is 20.1. The van der Waals surface area contributed by atoms with Gasteiger partial charge in [0, 0.05) is 42.1 Å². The normalized spacial score (nSPS) is 16.0. The number of halogens is 3. The molecule has 0 bridgehead atoms. The maximum Gasteiger partial charge on any atom is 0.275 e. The topological polar surface area (TPSA) is 108 Å². The molecule has 0 saturated heterocycles. The average Bonchev–Trinajstić information content (AvgIpc) is 3.38. The molecule has 0 aliphatic carbocycles. The van der Waals surface area contributed by atoms with Gasteiger partial charge in [0.2, 0.25) is 5.91 Å². The van der Waals surface area contributed by atoms with Crippen LogP contribution in [0.5, 0.6) is 0 Å². The molecule has 4 aromatic rings. The van der Waals surface area contributed by atoms with Gasteiger partial charge in [0.25, 0.3) is 11.8 Å². The third kappa shape index (κ3) is 5.96. The lowest BCUT2D eigenvalue weighted by Crippen LogP contribution is -2.33. The van der Waals surface area contributed by atoms with Gasteiger partial charge in [0.1, 0.15) is 6.10 Å². The number of amides is 2. The van der Waals surface area contributed by atoms with Crippen molar-refractivity contribution in [2.24, 2.45) is 0 Å². The maximum absolute atomic E-state index is 15.6. The molecule has 1 aliphatic heterocycles. The molecule has 3 N–H and O–H groups in total. The Hall–Kier alpha value is -4.38. The van der Waals surface area contributed by atoms with E-state index < -0.39 is 42.4 Å². The molecule has 0 spiro atoms. The van der Waals surface area contributed by atoms with Crippen molar-refractivity contribution < 1.29 is 28.6 Å². The number of aliphatic hydroxyl groups is 2. The summed E-state index contributed by atoms with van der Waals surface area (Å²) >= 11 is 6.51. The van der Waals surface area contributed by atoms with E-state index in [-0.39, 0.29) is 28.4 Å². The number of anilines is 2. The van der Waals surface area contributed by atoms with Crippen molar-refractivity contribution in [3.63, 3.8) is 0 Å². The summed E-state index contributed by atoms with van der Waals surface area (Å²) in [6.45, 7) is 1.07. The smallest absolute Gasteiger partial charge is 0.275 e. The van der Waals surface area contributed by atoms with E-state index in [9.17, 15) is 14.7 Å². The van der Waals surface area contributed by atoms with Gasteiger partial charge in [-0.05, 0) is 55.0 Å². The van der Waals surface area contributed by atoms with Gasteiger partial charge in [-0.2, -0.15) is 5.10 Å². The monoisotopic (exact) mass is 592 g/mol. The third-order valence-corrected chi connectivity index (χ3v) is 7.27. The van der Waals surface area contributed by atoms with E-state index in [4.69, 9.17) is 16.7 Å². The fraction of sp³-hybridized carbons (Fsp3) is 0.194. The first kappa shape index (κ1) is 29.1. The second kappa shape index (κ2) is 11.8. The molecule has 1 atom stereocenters. The number of rotatable bonds is 6. The van der Waals surface area contributed by atoms with Crippen LogP contribution in [-0.2, 0) is 4.79 Å². The molecule has 0 saturated carbocycles. The Kier molecular flexibility index (Phi) is 8.22. The van der Waals surface area contributed by atoms with Crippen LogP contribution in [0.15, 0.2) is 85.1 Å². The summed E-state index contributed by atoms with van der Waals surface area (Å²) in [6.07, 6.45) is 0.813. The molecular formula is C31H27ClF2N4O4. The largest absolute Gasteiger partial charge is 0.393 e. The number of aromatic nitrogens is 2. The average molecular weight is 593 g/mol. The van der Waals surface area contributed by atoms with E-state index in [1.807, 2.05) is 13.0 Å². The Morgan fingerprint density at radius 3 is 2.52 bits per heavy atom. The van der Waals surface area contributed by atoms with E-state index in [0.717, 1.165) is 11.8 Å². The predicted octanol–water partition coefficient (Wildman–Crippen LogP) is 5.57. The number of alkyl halides is 2. The standard InChI is InChI=1S/C31H27ClF2N4O4/c1-19-12-14-38(36-19)22-10-11-24(26(32)16-22)30(42)37-15-13-31(33,34)25(23-4-2-3-5-27(23)37)17-29(41)35-21-8-6-20(7-9-21)28(40)18-39/h2-12,14,16-17,28,39-40H,13,15,18H2,1H3,(H,35,41)/b25-17-. The van der Waals surface area contributed by atoms with Crippen molar-refractivity contribution >= 4 is 40.4 Å². The Balaban J connectivity index is 1.45. The number of allylic oxidation sites excluding steroid dienone is 1. The number of aliphatic hydroxyl groups excluding tert-OH is 2. The van der Waals surface area contributed by atoms with Crippen LogP contribution in [0.3, 0.4) is 0 Å². The number of nitrogens with zero attached hydrogens (tertiary/aromatic N) is 3. The number of aryl methyl sites for hydroxylation is 1. The molecular weight excluding hydrogens is 566 g/mol. The van der Waals surface area contributed by atoms with Crippen LogP contribution in [0.25, 0.3) is 11.3 Å². The zero-order valence-electron chi connectivity index (χ0n) is 22.5. The van der Waals surface area contributed by atoms with Gasteiger partial charge in [-0.15, -0.1) is 0 Å². The summed E-state index contributed by atoms with van der Waals surface area (Å²) in [7, 11) is 0. The summed E-state index contributed by atoms with van der Waals surface area (Å²) in [5.74, 6) is -4.77. The highest BCUT2D eigenvalue weighted by atomic mass is 35.5. The van der Waals surface area contributed by atoms with E-state index in [2.05, 4.69) is 10.4 Å². The first-order valence-corrected chi connectivity index (χ1v) is 13.5. The quantitative estimate of drug-likeness (QED) is 0.254. The number of carbonyl (C=O) groups excluding carboxylic acids is 2. The molecule has 11 heteroatoms. The Bertz CT molecular complexity index is 1670. The summed E-state index contributed by atoms with van der Waals surface area (Å²) < 4.78 is 32.8. The minimum absolute atomic E-state index is 0.0460. The molecule has 2 amide bonds. The SMILES string of the molecule is Cc1ccn(-c2ccc(C(=O)N3CCC(F)(F)/C(=C\C(=O)Nc4ccc(C(O)CO)cc4)c4ccccc43)c(Cl)c2)n1. The van der Waals surface area contributed by atoms with E-state index in [1.165, 1.54) is 41.3 Å². The van der Waals surface area contributed by atoms with Crippen molar-refractivity contribution in [1.82, 2.24) is 9.78 Å². The van der Waals surface area contributed by atoms with Crippen molar-refractivity contribution in [1.29, 1.82) is 0 Å². The van der Waals surface area contributed by atoms with Gasteiger partial charge < -0.3 is 20.4 Å². The molecule has 1 unspecified atom stereocenters. The molecule has 8 nitrogen and oxygen atoms in total. The second-order valence-electron chi connectivity index (χ2n) is 9.86. The number of hydrogen-bond donors (Lipinski definition) is 3. The molecule has 3 aromatic carbocycles. The maximum atomic E-state index is 15.6. The number of carbonyl (C=O) groups is 2. The molecule has 0 fully saturated rings. The molecule has 1 aliphatic rings. The zero-order chi connectivity index (χ0) is 30.0. The first-order valence-electron chi connectivity index (χ1n) is 13.1. The van der Waals surface area contributed by atoms with E-state index in [0.29, 0.717) is 16.9 Å². The van der Waals surface area contributed by atoms with Crippen LogP contribution in [0.4, 0.5) is 20.2 Å². The minimum atomic E-state index is -3.43. The van der Waals surface area contributed by atoms with E-state index >= 15 is 8.78 Å². The van der Waals surface area contributed by atoms with Gasteiger partial charge in [-0.25, -0.2) is 13.5 Å². The summed E-state index contributed by atoms with van der Waals surface area (Å²) in [6, 6.07) is 18.8. The van der Waals surface area contributed by atoms with Gasteiger partial charge in [-0.3, -0.25) is 9.59 Å². The number of fused-ring (bicyclic) bond motifs is 1. The predicted molar refractivity (Wildman–Crippen MR) is 156 cm³/mol. The third-order valence-electron chi connectivity index (χ3n) is 6.96. The molecule has 0 radical (unpaired) electrons. The minimum Gasteiger partial charge on any atom is -0.393 e. The summed E-state index contributed by atoms with van der Waals surface area (Å²) in [4.78, 5) is 27.8. The van der Waals surface area contributed by atoms with Gasteiger partial charge in [-0.1, -0.05) is 41.9 Å². The van der Waals surface area contributed by atoms with Crippen LogP contribution in [-0.4, -0.2) is 50.9 Å². The lowest BCUT2D eigenvalue weighted by atomic mass is 9.97. The Morgan fingerprint density at radius 2 is 1.86 bits per heavy atom. The van der Waals surface area contributed by atoms with Crippen LogP contribution >= 0.6 is 11.6 Å². The highest BCUT2D eigenvalue weighted by Gasteiger charge is 2.41. The van der Waals surface area contributed by atoms with Crippen LogP contribution in [0.2, 0.25) is 5.02 Å². The number of nitrogens with one attached hydrogen (secondary N) is 1. The highest BCUT2D eigenvalue weighted by molar-refractivity contribution is 6.34. The van der Waals surface area contributed by atoms with Gasteiger partial charge in [0.15, 0.2) is 0 Å². The van der Waals surface area contributed by atoms with Crippen LogP contribution in [0.1, 0.15) is 39.7 Å². The van der Waals surface area contributed by atoms with Crippen LogP contribution in [0, 0.1) is 6.92 Å². The summed E-state index contributed by atoms with van der Waals surface area (Å²) in [5.41, 5.74) is 2.10. The zero-order valence-corrected chi connectivity index (χ0v) is 23.2. The van der Waals surface area contributed by atoms with Gasteiger partial charge >= 0.3 is 0 Å². The lowest BCUT2D eigenvalue weighted by Gasteiger charge is -2.23. The number of benzene rings is 3. The molecule has 5 rings (SSSR count). The fourth-order valence-corrected chi connectivity index (χ4v) is 5.02. The Labute approximate surface area is 245 Å². The number of hydrogen-bond acceptors (Lipinski definition) is 5. The van der Waals surface area contributed by atoms with E-state index in [1.54, 1.807) is 41.2 Å². The Morgan fingerprint density at radius 1 is 1.12 bits per heavy atom. The molecule has 2 heterocycles. The number of para-hydroxylation sites is 1. The summed E-state index contributed by atoms with van der Waals surface area (Å²) in [5, 5.41) is 25.9. The van der Waals surface area contributed by atoms with Crippen LogP contribution < -0.4 is 10.2 Å². The molecule has 216 valence electrons. The molecule has 1 aromatic heterocycles. The van der Waals surface area contributed by atoms with Crippen molar-refractivity contribution in [2.75, 3.05) is 23.4 Å². The van der Waals surface area contributed by atoms with Crippen molar-refractivity contribution in [2.45, 2.75) is 25.4 Å². The van der Waals surface area contributed by atoms with Crippen molar-refractivity contribution in [3.05, 3.63) is 112 Å². The fourth-order valence-electron chi connectivity index (χ4n) is 4.76. The van der Waals surface area contributed by atoms with Gasteiger partial charge in [0.05, 0.1) is 34.3 Å².